The number of hydrogen-bond acceptors (Lipinski definition) is 6. The number of nitrogens with zero attached hydrogens (tertiary/aromatic N) is 3. The summed E-state index contributed by atoms with van der Waals surface area (Å²) in [5.74, 6) is -1.50. The number of carbonyl (C=O) groups is 1. The van der Waals surface area contributed by atoms with Crippen LogP contribution in [0.25, 0.3) is 10.9 Å². The molecule has 0 aliphatic carbocycles. The SMILES string of the molecule is CC(C)[C@@H](CO)n1cc(C(=O)O)c(=O)c2cc(Cc3cccc(Cl)c3F)c(OCCN3CCN(C)CC3)cc21. The van der Waals surface area contributed by atoms with Gasteiger partial charge in [-0.15, -0.1) is 0 Å². The van der Waals surface area contributed by atoms with Crippen LogP contribution in [-0.2, 0) is 6.42 Å². The van der Waals surface area contributed by atoms with E-state index in [0.717, 1.165) is 26.2 Å². The predicted octanol–water partition coefficient (Wildman–Crippen LogP) is 3.90. The van der Waals surface area contributed by atoms with Crippen molar-refractivity contribution in [2.24, 2.45) is 5.92 Å². The lowest BCUT2D eigenvalue weighted by Crippen LogP contribution is -2.45. The fourth-order valence-corrected chi connectivity index (χ4v) is 5.18. The number of fused-ring (bicyclic) bond motifs is 1. The Bertz CT molecular complexity index is 1400. The zero-order valence-electron chi connectivity index (χ0n) is 22.5. The lowest BCUT2D eigenvalue weighted by atomic mass is 9.98. The number of rotatable bonds is 10. The average molecular weight is 560 g/mol. The Balaban J connectivity index is 1.82. The van der Waals surface area contributed by atoms with Crippen LogP contribution in [0.15, 0.2) is 41.3 Å². The molecule has 2 aromatic carbocycles. The van der Waals surface area contributed by atoms with Crippen molar-refractivity contribution in [3.05, 3.63) is 74.3 Å². The highest BCUT2D eigenvalue weighted by atomic mass is 35.5. The summed E-state index contributed by atoms with van der Waals surface area (Å²) in [5.41, 5.74) is 0.271. The number of aromatic nitrogens is 1. The second-order valence-corrected chi connectivity index (χ2v) is 10.8. The van der Waals surface area contributed by atoms with E-state index in [1.807, 2.05) is 13.8 Å². The van der Waals surface area contributed by atoms with Gasteiger partial charge < -0.3 is 24.4 Å². The fourth-order valence-electron chi connectivity index (χ4n) is 4.99. The van der Waals surface area contributed by atoms with Crippen molar-refractivity contribution >= 4 is 28.5 Å². The molecule has 210 valence electrons. The van der Waals surface area contributed by atoms with Crippen LogP contribution in [-0.4, -0.2) is 83.5 Å². The van der Waals surface area contributed by atoms with Crippen LogP contribution in [0.5, 0.6) is 5.75 Å². The third-order valence-corrected chi connectivity index (χ3v) is 7.72. The van der Waals surface area contributed by atoms with Gasteiger partial charge in [-0.25, -0.2) is 9.18 Å². The monoisotopic (exact) mass is 559 g/mol. The number of piperazine rings is 1. The molecule has 8 nitrogen and oxygen atoms in total. The first-order valence-electron chi connectivity index (χ1n) is 13.1. The molecule has 0 bridgehead atoms. The number of ether oxygens (including phenoxy) is 1. The van der Waals surface area contributed by atoms with Gasteiger partial charge in [0.15, 0.2) is 0 Å². The molecule has 2 heterocycles. The van der Waals surface area contributed by atoms with Crippen LogP contribution < -0.4 is 10.2 Å². The summed E-state index contributed by atoms with van der Waals surface area (Å²) >= 11 is 6.02. The number of halogens is 2. The molecular weight excluding hydrogens is 525 g/mol. The van der Waals surface area contributed by atoms with Gasteiger partial charge in [-0.2, -0.15) is 0 Å². The number of aliphatic hydroxyl groups excluding tert-OH is 1. The van der Waals surface area contributed by atoms with E-state index in [9.17, 15) is 24.2 Å². The first-order valence-corrected chi connectivity index (χ1v) is 13.5. The van der Waals surface area contributed by atoms with Gasteiger partial charge in [-0.3, -0.25) is 9.69 Å². The molecule has 1 aliphatic heterocycles. The molecule has 1 fully saturated rings. The molecule has 0 radical (unpaired) electrons. The van der Waals surface area contributed by atoms with Crippen LogP contribution in [0, 0.1) is 11.7 Å². The molecule has 10 heteroatoms. The van der Waals surface area contributed by atoms with Gasteiger partial charge in [-0.1, -0.05) is 37.6 Å². The third-order valence-electron chi connectivity index (χ3n) is 7.43. The van der Waals surface area contributed by atoms with Crippen molar-refractivity contribution in [1.29, 1.82) is 0 Å². The highest BCUT2D eigenvalue weighted by Crippen LogP contribution is 2.32. The zero-order valence-corrected chi connectivity index (χ0v) is 23.2. The summed E-state index contributed by atoms with van der Waals surface area (Å²) in [6.45, 7) is 8.48. The smallest absolute Gasteiger partial charge is 0.341 e. The van der Waals surface area contributed by atoms with E-state index in [4.69, 9.17) is 16.3 Å². The van der Waals surface area contributed by atoms with E-state index in [2.05, 4.69) is 16.8 Å². The number of benzene rings is 2. The Morgan fingerprint density at radius 3 is 2.51 bits per heavy atom. The van der Waals surface area contributed by atoms with Crippen molar-refractivity contribution in [3.8, 4) is 5.75 Å². The second kappa shape index (κ2) is 12.5. The van der Waals surface area contributed by atoms with Gasteiger partial charge >= 0.3 is 5.97 Å². The minimum atomic E-state index is -1.36. The summed E-state index contributed by atoms with van der Waals surface area (Å²) in [6, 6.07) is 7.55. The van der Waals surface area contributed by atoms with E-state index in [0.29, 0.717) is 35.5 Å². The van der Waals surface area contributed by atoms with Crippen molar-refractivity contribution in [1.82, 2.24) is 14.4 Å². The number of carboxylic acid groups (broad SMARTS) is 1. The standard InChI is InChI=1S/C29H35ClFN3O5/c1-18(2)25(17-35)34-16-22(29(37)38)28(36)21-14-20(13-19-5-4-6-23(30)27(19)31)26(15-24(21)34)39-12-11-33-9-7-32(3)8-10-33/h4-6,14-16,18,25,35H,7-13,17H2,1-3H3,(H,37,38)/t25-/m1/s1. The van der Waals surface area contributed by atoms with E-state index in [1.54, 1.807) is 28.8 Å². The highest BCUT2D eigenvalue weighted by molar-refractivity contribution is 6.30. The normalized spacial score (nSPS) is 15.7. The number of hydrogen-bond donors (Lipinski definition) is 2. The maximum absolute atomic E-state index is 14.9. The molecule has 1 atom stereocenters. The molecule has 1 aliphatic rings. The minimum Gasteiger partial charge on any atom is -0.492 e. The van der Waals surface area contributed by atoms with Gasteiger partial charge in [0.25, 0.3) is 0 Å². The van der Waals surface area contributed by atoms with Crippen molar-refractivity contribution < 1.29 is 24.1 Å². The van der Waals surface area contributed by atoms with E-state index >= 15 is 0 Å². The maximum Gasteiger partial charge on any atom is 0.341 e. The summed E-state index contributed by atoms with van der Waals surface area (Å²) in [5, 5.41) is 20.1. The Labute approximate surface area is 232 Å². The molecule has 39 heavy (non-hydrogen) atoms. The van der Waals surface area contributed by atoms with Gasteiger partial charge in [0, 0.05) is 56.8 Å². The number of aliphatic hydroxyl groups is 1. The summed E-state index contributed by atoms with van der Waals surface area (Å²) in [4.78, 5) is 29.8. The molecule has 0 saturated carbocycles. The zero-order chi connectivity index (χ0) is 28.3. The van der Waals surface area contributed by atoms with Crippen LogP contribution in [0.1, 0.15) is 41.4 Å². The van der Waals surface area contributed by atoms with E-state index in [1.165, 1.54) is 12.3 Å². The molecule has 0 unspecified atom stereocenters. The van der Waals surface area contributed by atoms with Gasteiger partial charge in [0.05, 0.1) is 23.2 Å². The average Bonchev–Trinajstić information content (AvgIpc) is 2.89. The van der Waals surface area contributed by atoms with Crippen LogP contribution in [0.2, 0.25) is 5.02 Å². The first kappa shape index (κ1) is 29.0. The van der Waals surface area contributed by atoms with Crippen LogP contribution in [0.3, 0.4) is 0 Å². The highest BCUT2D eigenvalue weighted by Gasteiger charge is 2.23. The fraction of sp³-hybridized carbons (Fsp3) is 0.448. The van der Waals surface area contributed by atoms with E-state index in [-0.39, 0.29) is 29.4 Å². The Kier molecular flexibility index (Phi) is 9.27. The lowest BCUT2D eigenvalue weighted by Gasteiger charge is -2.32. The molecule has 0 spiro atoms. The largest absolute Gasteiger partial charge is 0.492 e. The number of aromatic carboxylic acids is 1. The summed E-state index contributed by atoms with van der Waals surface area (Å²) < 4.78 is 22.8. The predicted molar refractivity (Wildman–Crippen MR) is 150 cm³/mol. The van der Waals surface area contributed by atoms with E-state index < -0.39 is 28.8 Å². The maximum atomic E-state index is 14.9. The summed E-state index contributed by atoms with van der Waals surface area (Å²) in [7, 11) is 2.09. The third kappa shape index (κ3) is 6.44. The van der Waals surface area contributed by atoms with Gasteiger partial charge in [0.2, 0.25) is 5.43 Å². The lowest BCUT2D eigenvalue weighted by molar-refractivity contribution is 0.0694. The molecule has 1 aromatic heterocycles. The molecule has 0 amide bonds. The molecule has 1 saturated heterocycles. The van der Waals surface area contributed by atoms with Crippen LogP contribution in [0.4, 0.5) is 4.39 Å². The molecular formula is C29H35ClFN3O5. The Morgan fingerprint density at radius 1 is 1.15 bits per heavy atom. The second-order valence-electron chi connectivity index (χ2n) is 10.4. The van der Waals surface area contributed by atoms with Gasteiger partial charge in [0.1, 0.15) is 23.7 Å². The van der Waals surface area contributed by atoms with Crippen molar-refractivity contribution in [2.45, 2.75) is 26.3 Å². The first-order chi connectivity index (χ1) is 18.6. The van der Waals surface area contributed by atoms with Crippen molar-refractivity contribution in [2.75, 3.05) is 53.0 Å². The van der Waals surface area contributed by atoms with Crippen LogP contribution >= 0.6 is 11.6 Å². The van der Waals surface area contributed by atoms with Crippen molar-refractivity contribution in [3.63, 3.8) is 0 Å². The number of carboxylic acids is 1. The number of likely N-dealkylation sites (N-methyl/N-ethyl adjacent to an activating group) is 1. The minimum absolute atomic E-state index is 0.0101. The number of pyridine rings is 1. The Morgan fingerprint density at radius 2 is 1.87 bits per heavy atom. The quantitative estimate of drug-likeness (QED) is 0.389. The topological polar surface area (TPSA) is 95.2 Å². The molecule has 4 rings (SSSR count). The Hall–Kier alpha value is -2.98. The molecule has 2 N–H and O–H groups in total. The van der Waals surface area contributed by atoms with Gasteiger partial charge in [-0.05, 0) is 36.2 Å². The molecule has 3 aromatic rings. The summed E-state index contributed by atoms with van der Waals surface area (Å²) in [6.07, 6.45) is 1.38.